The number of hydrogen-bond acceptors (Lipinski definition) is 1. The number of nitrogens with zero attached hydrogens (tertiary/aromatic N) is 1. The monoisotopic (exact) mass is 1150 g/mol. The first-order chi connectivity index (χ1) is 27.9. The Morgan fingerprint density at radius 3 is 0.828 bits per heavy atom. The Labute approximate surface area is 386 Å². The number of halogens is 7. The van der Waals surface area contributed by atoms with Crippen molar-refractivity contribution in [3.63, 3.8) is 0 Å². The maximum absolute atomic E-state index is 13.8. The molecule has 0 unspecified atom stereocenters. The molecule has 0 bridgehead atoms. The molecule has 7 rings (SSSR count). The summed E-state index contributed by atoms with van der Waals surface area (Å²) in [7, 11) is -4.99. The molecule has 0 aliphatic rings. The summed E-state index contributed by atoms with van der Waals surface area (Å²) in [5.41, 5.74) is -1.56. The first kappa shape index (κ1) is 45.2. The zero-order valence-electron chi connectivity index (χ0n) is 30.3. The predicted molar refractivity (Wildman–Crippen MR) is 262 cm³/mol. The van der Waals surface area contributed by atoms with Crippen LogP contribution in [0.2, 0.25) is 0 Å². The summed E-state index contributed by atoms with van der Waals surface area (Å²) in [6.07, 6.45) is 0. The van der Waals surface area contributed by atoms with Crippen molar-refractivity contribution in [1.29, 1.82) is 0 Å². The molecule has 0 atom stereocenters. The third-order valence-corrected chi connectivity index (χ3v) is 18.1. The van der Waals surface area contributed by atoms with Crippen LogP contribution in [0.25, 0.3) is 0 Å². The highest BCUT2D eigenvalue weighted by atomic mass is 127. The van der Waals surface area contributed by atoms with Crippen LogP contribution in [-0.2, 0) is 0 Å². The van der Waals surface area contributed by atoms with Crippen LogP contribution in [-0.4, -0.2) is 0 Å². The molecule has 0 amide bonds. The van der Waals surface area contributed by atoms with Crippen LogP contribution in [0, 0.1) is 47.0 Å². The molecule has 0 spiro atoms. The van der Waals surface area contributed by atoms with E-state index in [0.29, 0.717) is 0 Å². The van der Waals surface area contributed by atoms with E-state index in [9.17, 15) is 13.2 Å². The second kappa shape index (κ2) is 22.0. The molecule has 58 heavy (non-hydrogen) atoms. The van der Waals surface area contributed by atoms with Crippen molar-refractivity contribution in [2.75, 3.05) is 0 Å². The van der Waals surface area contributed by atoms with E-state index in [4.69, 9.17) is 4.52 Å². The smallest absolute Gasteiger partial charge is 0.228 e. The summed E-state index contributed by atoms with van der Waals surface area (Å²) in [4.78, 5) is 0. The summed E-state index contributed by atoms with van der Waals surface area (Å²) in [5.74, 6) is 3.45. The van der Waals surface area contributed by atoms with Crippen molar-refractivity contribution in [2.45, 2.75) is 0 Å². The fourth-order valence-electron chi connectivity index (χ4n) is 6.40. The highest BCUT2D eigenvalue weighted by Gasteiger charge is 2.49. The molecule has 7 aromatic carbocycles. The molecule has 0 saturated carbocycles. The standard InChI is InChI=1S/C36H30NP2.C12F3I3.ClH/c1-7-19-31(20-8-1)38(32-21-9-2-10-22-32,33-23-11-3-12-24-33)37-39(34-25-13-4-14-26-34,35-27-15-5-16-28-35)36-29-17-6-18-30-36;13-10-7(1-4-16)11(14)9(3-6-18)12(15)8(10)2-5-17;/h1-30H;;1H/q+1;;/p-1. The molecule has 0 aliphatic carbocycles. The Kier molecular flexibility index (Phi) is 17.1. The molecule has 0 radical (unpaired) electrons. The van der Waals surface area contributed by atoms with Gasteiger partial charge in [-0.3, -0.25) is 0 Å². The third kappa shape index (κ3) is 9.61. The lowest BCUT2D eigenvalue weighted by Crippen LogP contribution is -3.00. The maximum Gasteiger partial charge on any atom is 0.228 e. The molecule has 0 N–H and O–H groups in total. The Hall–Kier alpha value is -3.85. The van der Waals surface area contributed by atoms with Gasteiger partial charge in [-0.15, -0.1) is 4.52 Å². The van der Waals surface area contributed by atoms with Gasteiger partial charge in [-0.1, -0.05) is 146 Å². The topological polar surface area (TPSA) is 12.4 Å². The third-order valence-electron chi connectivity index (χ3n) is 8.88. The lowest BCUT2D eigenvalue weighted by molar-refractivity contribution is -0.0000123. The van der Waals surface area contributed by atoms with Crippen molar-refractivity contribution in [3.8, 4) is 29.5 Å². The summed E-state index contributed by atoms with van der Waals surface area (Å²) in [5, 5.41) is 7.55. The molecular weight excluding hydrogens is 1130 g/mol. The summed E-state index contributed by atoms with van der Waals surface area (Å²) in [6.45, 7) is 0. The predicted octanol–water partition coefficient (Wildman–Crippen LogP) is 8.41. The van der Waals surface area contributed by atoms with Gasteiger partial charge in [0.25, 0.3) is 0 Å². The van der Waals surface area contributed by atoms with Gasteiger partial charge >= 0.3 is 0 Å². The van der Waals surface area contributed by atoms with Crippen molar-refractivity contribution in [2.24, 2.45) is 4.52 Å². The van der Waals surface area contributed by atoms with Crippen LogP contribution in [0.5, 0.6) is 0 Å². The van der Waals surface area contributed by atoms with Gasteiger partial charge in [0.15, 0.2) is 17.5 Å². The minimum Gasteiger partial charge on any atom is -1.00 e. The largest absolute Gasteiger partial charge is 1.00 e. The maximum atomic E-state index is 13.8. The van der Waals surface area contributed by atoms with E-state index < -0.39 is 48.6 Å². The normalized spacial score (nSPS) is 10.4. The van der Waals surface area contributed by atoms with Crippen LogP contribution >= 0.6 is 82.2 Å². The van der Waals surface area contributed by atoms with Gasteiger partial charge in [-0.2, -0.15) is 0 Å². The first-order valence-electron chi connectivity index (χ1n) is 17.3. The Balaban J connectivity index is 0.000000286. The van der Waals surface area contributed by atoms with E-state index in [0.717, 1.165) is 0 Å². The molecular formula is C48H30ClF3I3NP2. The summed E-state index contributed by atoms with van der Waals surface area (Å²) in [6, 6.07) is 65.7. The second-order valence-corrected chi connectivity index (χ2v) is 20.1. The highest BCUT2D eigenvalue weighted by Crippen LogP contribution is 2.66. The van der Waals surface area contributed by atoms with Crippen LogP contribution in [0.15, 0.2) is 187 Å². The van der Waals surface area contributed by atoms with E-state index in [1.807, 2.05) is 0 Å². The molecule has 0 aliphatic heterocycles. The zero-order valence-corrected chi connectivity index (χ0v) is 39.3. The molecule has 0 heterocycles. The molecule has 10 heteroatoms. The van der Waals surface area contributed by atoms with E-state index in [1.54, 1.807) is 67.8 Å². The molecule has 7 aromatic rings. The summed E-state index contributed by atoms with van der Waals surface area (Å²) >= 11 is 4.91. The Morgan fingerprint density at radius 2 is 0.603 bits per heavy atom. The molecule has 0 saturated heterocycles. The van der Waals surface area contributed by atoms with Gasteiger partial charge in [-0.05, 0) is 65.9 Å². The van der Waals surface area contributed by atoms with E-state index in [1.165, 1.54) is 31.8 Å². The quantitative estimate of drug-likeness (QED) is 0.0865. The van der Waals surface area contributed by atoms with Crippen LogP contribution in [0.1, 0.15) is 16.7 Å². The van der Waals surface area contributed by atoms with Gasteiger partial charge in [0.05, 0.1) is 16.7 Å². The highest BCUT2D eigenvalue weighted by molar-refractivity contribution is 14.1. The molecule has 0 fully saturated rings. The number of rotatable bonds is 7. The van der Waals surface area contributed by atoms with Crippen LogP contribution < -0.4 is 44.2 Å². The van der Waals surface area contributed by atoms with Crippen molar-refractivity contribution < 1.29 is 25.6 Å². The Morgan fingerprint density at radius 1 is 0.379 bits per heavy atom. The van der Waals surface area contributed by atoms with Gasteiger partial charge in [0, 0.05) is 83.7 Å². The lowest BCUT2D eigenvalue weighted by Gasteiger charge is -2.31. The first-order valence-corrected chi connectivity index (χ1v) is 24.1. The van der Waals surface area contributed by atoms with Gasteiger partial charge < -0.3 is 12.4 Å². The Bertz CT molecular complexity index is 2400. The number of hydrogen-bond donors (Lipinski definition) is 0. The minimum atomic E-state index is -2.50. The fourth-order valence-corrected chi connectivity index (χ4v) is 16.7. The average Bonchev–Trinajstić information content (AvgIpc) is 3.28. The van der Waals surface area contributed by atoms with E-state index >= 15 is 0 Å². The lowest BCUT2D eigenvalue weighted by atomic mass is 10.0. The van der Waals surface area contributed by atoms with Gasteiger partial charge in [-0.25, -0.2) is 13.2 Å². The van der Waals surface area contributed by atoms with Crippen molar-refractivity contribution in [3.05, 3.63) is 216 Å². The average molecular weight is 1160 g/mol. The SMILES string of the molecule is Fc1c(C#CI)c(F)c(C#CI)c(F)c1C#CI.[Cl-].c1ccc(P(=N[P+](c2ccccc2)(c2ccccc2)c2ccccc2)(c2ccccc2)c2ccccc2)cc1. The van der Waals surface area contributed by atoms with Crippen molar-refractivity contribution in [1.82, 2.24) is 0 Å². The molecule has 286 valence electrons. The van der Waals surface area contributed by atoms with Gasteiger partial charge in [0.2, 0.25) is 7.41 Å². The van der Waals surface area contributed by atoms with E-state index in [2.05, 4.69) is 212 Å². The van der Waals surface area contributed by atoms with Crippen LogP contribution in [0.4, 0.5) is 13.2 Å². The minimum absolute atomic E-state index is 0. The second-order valence-electron chi connectivity index (χ2n) is 12.1. The summed E-state index contributed by atoms with van der Waals surface area (Å²) < 4.78 is 54.9. The zero-order chi connectivity index (χ0) is 40.1. The van der Waals surface area contributed by atoms with Crippen LogP contribution in [0.3, 0.4) is 0 Å². The molecule has 0 aromatic heterocycles. The molecule has 1 nitrogen and oxygen atoms in total. The van der Waals surface area contributed by atoms with Crippen molar-refractivity contribution >= 4 is 114 Å². The fraction of sp³-hybridized carbons (Fsp3) is 0. The number of benzene rings is 7. The van der Waals surface area contributed by atoms with E-state index in [-0.39, 0.29) is 12.4 Å². The van der Waals surface area contributed by atoms with Gasteiger partial charge in [0.1, 0.15) is 23.0 Å².